The third kappa shape index (κ3) is 3.43. The topological polar surface area (TPSA) is 89.9 Å². The van der Waals surface area contributed by atoms with Gasteiger partial charge < -0.3 is 9.42 Å². The van der Waals surface area contributed by atoms with E-state index < -0.39 is 11.7 Å². The van der Waals surface area contributed by atoms with Crippen molar-refractivity contribution in [2.24, 2.45) is 0 Å². The van der Waals surface area contributed by atoms with Crippen molar-refractivity contribution in [3.8, 4) is 0 Å². The second-order valence-electron chi connectivity index (χ2n) is 6.83. The lowest BCUT2D eigenvalue weighted by atomic mass is 9.91. The first-order valence-electron chi connectivity index (χ1n) is 8.77. The molecule has 1 amide bonds. The van der Waals surface area contributed by atoms with E-state index in [1.165, 1.54) is 24.3 Å². The molecule has 1 aliphatic rings. The van der Waals surface area contributed by atoms with Crippen LogP contribution in [-0.4, -0.2) is 48.8 Å². The van der Waals surface area contributed by atoms with E-state index >= 15 is 0 Å². The fourth-order valence-electron chi connectivity index (χ4n) is 3.58. The van der Waals surface area contributed by atoms with E-state index in [4.69, 9.17) is 4.52 Å². The Kier molecular flexibility index (Phi) is 4.52. The molecule has 8 nitrogen and oxygen atoms in total. The highest BCUT2D eigenvalue weighted by Gasteiger charge is 2.38. The zero-order chi connectivity index (χ0) is 19.9. The number of alkyl halides is 3. The van der Waals surface area contributed by atoms with Gasteiger partial charge in [-0.25, -0.2) is 14.6 Å². The SMILES string of the molecule is Cc1cc(C(F)(F)F)c2c([C@H]3CCCN(C(=O)Cn4cncn4)C3)noc2n1. The second kappa shape index (κ2) is 6.88. The maximum atomic E-state index is 13.6. The number of hydrogen-bond donors (Lipinski definition) is 0. The minimum absolute atomic E-state index is 0.0286. The zero-order valence-electron chi connectivity index (χ0n) is 15.0. The average molecular weight is 394 g/mol. The van der Waals surface area contributed by atoms with Crippen molar-refractivity contribution in [1.82, 2.24) is 29.8 Å². The highest BCUT2D eigenvalue weighted by Crippen LogP contribution is 2.39. The Bertz CT molecular complexity index is 998. The van der Waals surface area contributed by atoms with E-state index in [0.29, 0.717) is 19.4 Å². The summed E-state index contributed by atoms with van der Waals surface area (Å²) in [6.45, 7) is 2.30. The van der Waals surface area contributed by atoms with E-state index in [-0.39, 0.29) is 47.4 Å². The maximum absolute atomic E-state index is 13.6. The van der Waals surface area contributed by atoms with E-state index in [0.717, 1.165) is 6.07 Å². The van der Waals surface area contributed by atoms with Crippen LogP contribution in [0.2, 0.25) is 0 Å². The normalized spacial score (nSPS) is 18.0. The number of pyridine rings is 1. The largest absolute Gasteiger partial charge is 0.417 e. The number of carbonyl (C=O) groups excluding carboxylic acids is 1. The molecule has 4 heterocycles. The van der Waals surface area contributed by atoms with Crippen molar-refractivity contribution in [1.29, 1.82) is 0 Å². The van der Waals surface area contributed by atoms with Gasteiger partial charge in [-0.15, -0.1) is 0 Å². The van der Waals surface area contributed by atoms with Crippen LogP contribution in [0.1, 0.15) is 35.7 Å². The predicted molar refractivity (Wildman–Crippen MR) is 90.1 cm³/mol. The predicted octanol–water partition coefficient (Wildman–Crippen LogP) is 2.55. The van der Waals surface area contributed by atoms with Crippen molar-refractivity contribution in [3.63, 3.8) is 0 Å². The van der Waals surface area contributed by atoms with Crippen LogP contribution in [-0.2, 0) is 17.5 Å². The maximum Gasteiger partial charge on any atom is 0.417 e. The summed E-state index contributed by atoms with van der Waals surface area (Å²) in [5.41, 5.74) is -0.533. The summed E-state index contributed by atoms with van der Waals surface area (Å²) in [4.78, 5) is 22.0. The molecule has 1 saturated heterocycles. The Labute approximate surface area is 157 Å². The van der Waals surface area contributed by atoms with Gasteiger partial charge in [0.1, 0.15) is 19.2 Å². The number of amides is 1. The first-order chi connectivity index (χ1) is 13.3. The molecule has 28 heavy (non-hydrogen) atoms. The molecule has 0 N–H and O–H groups in total. The van der Waals surface area contributed by atoms with Gasteiger partial charge in [0.05, 0.1) is 16.6 Å². The fraction of sp³-hybridized carbons (Fsp3) is 0.471. The first-order valence-corrected chi connectivity index (χ1v) is 8.77. The molecule has 3 aromatic heterocycles. The van der Waals surface area contributed by atoms with Crippen LogP contribution >= 0.6 is 0 Å². The minimum atomic E-state index is -4.55. The summed E-state index contributed by atoms with van der Waals surface area (Å²) >= 11 is 0. The van der Waals surface area contributed by atoms with Crippen molar-refractivity contribution < 1.29 is 22.5 Å². The van der Waals surface area contributed by atoms with E-state index in [1.807, 2.05) is 0 Å². The van der Waals surface area contributed by atoms with Gasteiger partial charge in [0.25, 0.3) is 5.71 Å². The Morgan fingerprint density at radius 2 is 2.21 bits per heavy atom. The molecule has 0 bridgehead atoms. The van der Waals surface area contributed by atoms with Crippen LogP contribution in [0.3, 0.4) is 0 Å². The molecule has 11 heteroatoms. The number of aromatic nitrogens is 5. The molecule has 1 atom stereocenters. The van der Waals surface area contributed by atoms with E-state index in [9.17, 15) is 18.0 Å². The zero-order valence-corrected chi connectivity index (χ0v) is 15.0. The van der Waals surface area contributed by atoms with Crippen LogP contribution in [0.25, 0.3) is 11.1 Å². The number of hydrogen-bond acceptors (Lipinski definition) is 6. The lowest BCUT2D eigenvalue weighted by molar-refractivity contribution is -0.136. The first kappa shape index (κ1) is 18.4. The van der Waals surface area contributed by atoms with Crippen molar-refractivity contribution >= 4 is 17.0 Å². The molecule has 0 aliphatic carbocycles. The van der Waals surface area contributed by atoms with Crippen LogP contribution in [0.5, 0.6) is 0 Å². The minimum Gasteiger partial charge on any atom is -0.340 e. The number of nitrogens with zero attached hydrogens (tertiary/aromatic N) is 6. The van der Waals surface area contributed by atoms with Gasteiger partial charge in [-0.1, -0.05) is 5.16 Å². The average Bonchev–Trinajstić information content (AvgIpc) is 3.29. The molecule has 148 valence electrons. The van der Waals surface area contributed by atoms with Crippen LogP contribution in [0, 0.1) is 6.92 Å². The molecule has 0 radical (unpaired) electrons. The lowest BCUT2D eigenvalue weighted by Crippen LogP contribution is -2.41. The monoisotopic (exact) mass is 394 g/mol. The number of aryl methyl sites for hydroxylation is 1. The summed E-state index contributed by atoms with van der Waals surface area (Å²) in [7, 11) is 0. The molecule has 1 fully saturated rings. The van der Waals surface area contributed by atoms with Crippen molar-refractivity contribution in [3.05, 3.63) is 35.7 Å². The van der Waals surface area contributed by atoms with Gasteiger partial charge in [0, 0.05) is 24.7 Å². The van der Waals surface area contributed by atoms with E-state index in [2.05, 4.69) is 20.2 Å². The Morgan fingerprint density at radius 1 is 1.39 bits per heavy atom. The summed E-state index contributed by atoms with van der Waals surface area (Å²) in [6.07, 6.45) is -0.512. The lowest BCUT2D eigenvalue weighted by Gasteiger charge is -2.32. The number of piperidine rings is 1. The quantitative estimate of drug-likeness (QED) is 0.678. The van der Waals surface area contributed by atoms with Gasteiger partial charge in [-0.2, -0.15) is 18.3 Å². The van der Waals surface area contributed by atoms with Gasteiger partial charge in [-0.05, 0) is 25.8 Å². The number of halogens is 3. The highest BCUT2D eigenvalue weighted by molar-refractivity contribution is 5.82. The summed E-state index contributed by atoms with van der Waals surface area (Å²) in [5, 5.41) is 7.69. The number of fused-ring (bicyclic) bond motifs is 1. The standard InChI is InChI=1S/C17H17F3N6O2/c1-10-5-12(17(18,19)20)14-15(24-28-16(14)23-10)11-3-2-4-25(6-11)13(27)7-26-9-21-8-22-26/h5,8-9,11H,2-4,6-7H2,1H3/t11-/m0/s1. The second-order valence-corrected chi connectivity index (χ2v) is 6.83. The number of carbonyl (C=O) groups is 1. The highest BCUT2D eigenvalue weighted by atomic mass is 19.4. The summed E-state index contributed by atoms with van der Waals surface area (Å²) < 4.78 is 47.2. The Morgan fingerprint density at radius 3 is 2.93 bits per heavy atom. The molecule has 1 aliphatic heterocycles. The Balaban J connectivity index is 1.63. The molecule has 0 spiro atoms. The van der Waals surface area contributed by atoms with Crippen LogP contribution in [0.15, 0.2) is 23.2 Å². The third-order valence-corrected chi connectivity index (χ3v) is 4.83. The molecule has 3 aromatic rings. The summed E-state index contributed by atoms with van der Waals surface area (Å²) in [6, 6.07) is 0.999. The van der Waals surface area contributed by atoms with Crippen LogP contribution < -0.4 is 0 Å². The van der Waals surface area contributed by atoms with Crippen molar-refractivity contribution in [2.45, 2.75) is 38.4 Å². The van der Waals surface area contributed by atoms with Crippen LogP contribution in [0.4, 0.5) is 13.2 Å². The van der Waals surface area contributed by atoms with Gasteiger partial charge in [0.15, 0.2) is 0 Å². The molecule has 0 saturated carbocycles. The van der Waals surface area contributed by atoms with Gasteiger partial charge in [-0.3, -0.25) is 4.79 Å². The van der Waals surface area contributed by atoms with Gasteiger partial charge >= 0.3 is 6.18 Å². The Hall–Kier alpha value is -2.98. The fourth-order valence-corrected chi connectivity index (χ4v) is 3.58. The third-order valence-electron chi connectivity index (χ3n) is 4.83. The molecule has 0 unspecified atom stereocenters. The van der Waals surface area contributed by atoms with Gasteiger partial charge in [0.2, 0.25) is 5.91 Å². The molecule has 0 aromatic carbocycles. The number of likely N-dealkylation sites (tertiary alicyclic amines) is 1. The van der Waals surface area contributed by atoms with Crippen molar-refractivity contribution in [2.75, 3.05) is 13.1 Å². The number of rotatable bonds is 3. The molecular formula is C17H17F3N6O2. The summed E-state index contributed by atoms with van der Waals surface area (Å²) in [5.74, 6) is -0.534. The van der Waals surface area contributed by atoms with E-state index in [1.54, 1.807) is 4.90 Å². The molecule has 4 rings (SSSR count). The molecular weight excluding hydrogens is 377 g/mol. The smallest absolute Gasteiger partial charge is 0.340 e.